The molecule has 2 aromatic heterocycles. The Balaban J connectivity index is 1.51. The molecular formula is C26H25FN4O3. The minimum absolute atomic E-state index is 0.0657. The topological polar surface area (TPSA) is 89.2 Å². The van der Waals surface area contributed by atoms with Crippen molar-refractivity contribution in [3.05, 3.63) is 94.3 Å². The van der Waals surface area contributed by atoms with E-state index in [1.54, 1.807) is 15.4 Å². The van der Waals surface area contributed by atoms with Crippen LogP contribution in [0.4, 0.5) is 4.39 Å². The van der Waals surface area contributed by atoms with Gasteiger partial charge in [-0.2, -0.15) is 5.10 Å². The molecule has 0 bridgehead atoms. The summed E-state index contributed by atoms with van der Waals surface area (Å²) in [6.07, 6.45) is 7.41. The molecule has 7 nitrogen and oxygen atoms in total. The smallest absolute Gasteiger partial charge is 0.257 e. The van der Waals surface area contributed by atoms with E-state index in [1.807, 2.05) is 36.5 Å². The van der Waals surface area contributed by atoms with Crippen LogP contribution in [0.3, 0.4) is 0 Å². The summed E-state index contributed by atoms with van der Waals surface area (Å²) in [7, 11) is 0. The lowest BCUT2D eigenvalue weighted by atomic mass is 9.92. The number of halogens is 1. The van der Waals surface area contributed by atoms with Crippen molar-refractivity contribution in [3.8, 4) is 5.69 Å². The lowest BCUT2D eigenvalue weighted by Crippen LogP contribution is -2.46. The van der Waals surface area contributed by atoms with Crippen molar-refractivity contribution in [1.29, 1.82) is 0 Å². The van der Waals surface area contributed by atoms with Crippen LogP contribution in [0.25, 0.3) is 16.6 Å². The highest BCUT2D eigenvalue weighted by atomic mass is 19.1. The predicted octanol–water partition coefficient (Wildman–Crippen LogP) is 3.41. The van der Waals surface area contributed by atoms with E-state index in [-0.39, 0.29) is 23.0 Å². The summed E-state index contributed by atoms with van der Waals surface area (Å²) in [5.41, 5.74) is 1.32. The molecule has 34 heavy (non-hydrogen) atoms. The highest BCUT2D eigenvalue weighted by molar-refractivity contribution is 5.97. The number of pyridine rings is 1. The van der Waals surface area contributed by atoms with Crippen molar-refractivity contribution in [2.24, 2.45) is 0 Å². The molecule has 0 aliphatic heterocycles. The van der Waals surface area contributed by atoms with Crippen molar-refractivity contribution < 1.29 is 14.3 Å². The van der Waals surface area contributed by atoms with Gasteiger partial charge in [-0.1, -0.05) is 31.0 Å². The largest absolute Gasteiger partial charge is 0.391 e. The first kappa shape index (κ1) is 22.0. The number of fused-ring (bicyclic) bond motifs is 1. The van der Waals surface area contributed by atoms with Gasteiger partial charge in [0.2, 0.25) is 5.43 Å². The molecule has 8 heteroatoms. The summed E-state index contributed by atoms with van der Waals surface area (Å²) < 4.78 is 18.2. The third kappa shape index (κ3) is 4.24. The van der Waals surface area contributed by atoms with Crippen LogP contribution >= 0.6 is 0 Å². The molecule has 1 fully saturated rings. The maximum Gasteiger partial charge on any atom is 0.257 e. The normalized spacial score (nSPS) is 18.2. The van der Waals surface area contributed by atoms with Crippen LogP contribution in [-0.4, -0.2) is 37.5 Å². The quantitative estimate of drug-likeness (QED) is 0.478. The van der Waals surface area contributed by atoms with Gasteiger partial charge >= 0.3 is 0 Å². The van der Waals surface area contributed by atoms with E-state index in [0.29, 0.717) is 12.8 Å². The van der Waals surface area contributed by atoms with Crippen LogP contribution in [0.2, 0.25) is 0 Å². The molecule has 2 aromatic carbocycles. The first-order valence-corrected chi connectivity index (χ1v) is 11.4. The van der Waals surface area contributed by atoms with Gasteiger partial charge in [-0.05, 0) is 48.7 Å². The van der Waals surface area contributed by atoms with Crippen molar-refractivity contribution >= 4 is 16.8 Å². The molecule has 4 aromatic rings. The van der Waals surface area contributed by atoms with Gasteiger partial charge in [0.15, 0.2) is 0 Å². The Morgan fingerprint density at radius 2 is 1.91 bits per heavy atom. The summed E-state index contributed by atoms with van der Waals surface area (Å²) in [6, 6.07) is 13.4. The standard InChI is InChI=1S/C26H25FN4O3/c27-21-6-3-5-19-24(21)30(15-17-9-11-18(12-10-17)31-14-4-13-28-31)16-20(25(19)33)26(34)29-22-7-1-2-8-23(22)32/h3-6,9-14,16,22-23,32H,1-2,7-8,15H2,(H,29,34)/t22-,23-/m0/s1. The summed E-state index contributed by atoms with van der Waals surface area (Å²) >= 11 is 0. The van der Waals surface area contributed by atoms with Crippen molar-refractivity contribution in [3.63, 3.8) is 0 Å². The molecule has 2 heterocycles. The Kier molecular flexibility index (Phi) is 5.98. The van der Waals surface area contributed by atoms with Gasteiger partial charge in [-0.25, -0.2) is 9.07 Å². The Labute approximate surface area is 195 Å². The Morgan fingerprint density at radius 1 is 1.12 bits per heavy atom. The van der Waals surface area contributed by atoms with Crippen LogP contribution in [0.15, 0.2) is 71.9 Å². The highest BCUT2D eigenvalue weighted by Gasteiger charge is 2.26. The summed E-state index contributed by atoms with van der Waals surface area (Å²) in [4.78, 5) is 26.2. The molecule has 1 amide bonds. The van der Waals surface area contributed by atoms with Crippen LogP contribution in [0.1, 0.15) is 41.6 Å². The Hall–Kier alpha value is -3.78. The van der Waals surface area contributed by atoms with E-state index in [4.69, 9.17) is 0 Å². The van der Waals surface area contributed by atoms with Crippen molar-refractivity contribution in [1.82, 2.24) is 19.7 Å². The predicted molar refractivity (Wildman–Crippen MR) is 127 cm³/mol. The number of amides is 1. The monoisotopic (exact) mass is 460 g/mol. The number of aliphatic hydroxyl groups excluding tert-OH is 1. The van der Waals surface area contributed by atoms with Gasteiger partial charge in [0, 0.05) is 30.5 Å². The minimum atomic E-state index is -0.633. The maximum atomic E-state index is 14.8. The zero-order valence-corrected chi connectivity index (χ0v) is 18.5. The molecule has 1 saturated carbocycles. The number of benzene rings is 2. The van der Waals surface area contributed by atoms with Crippen LogP contribution in [0.5, 0.6) is 0 Å². The lowest BCUT2D eigenvalue weighted by Gasteiger charge is -2.28. The van der Waals surface area contributed by atoms with Gasteiger partial charge < -0.3 is 15.0 Å². The lowest BCUT2D eigenvalue weighted by molar-refractivity contribution is 0.0716. The van der Waals surface area contributed by atoms with Gasteiger partial charge in [0.1, 0.15) is 11.4 Å². The molecular weight excluding hydrogens is 435 g/mol. The first-order chi connectivity index (χ1) is 16.5. The number of para-hydroxylation sites is 1. The molecule has 0 saturated heterocycles. The summed E-state index contributed by atoms with van der Waals surface area (Å²) in [5.74, 6) is -1.08. The number of hydrogen-bond acceptors (Lipinski definition) is 4. The fourth-order valence-corrected chi connectivity index (χ4v) is 4.60. The molecule has 1 aliphatic carbocycles. The van der Waals surface area contributed by atoms with Gasteiger partial charge in [-0.3, -0.25) is 9.59 Å². The van der Waals surface area contributed by atoms with Gasteiger partial charge in [-0.15, -0.1) is 0 Å². The SMILES string of the molecule is O=C(N[C@H]1CCCC[C@@H]1O)c1cn(Cc2ccc(-n3cccn3)cc2)c2c(F)cccc2c1=O. The van der Waals surface area contributed by atoms with Crippen LogP contribution < -0.4 is 10.7 Å². The van der Waals surface area contributed by atoms with Crippen molar-refractivity contribution in [2.45, 2.75) is 44.4 Å². The second-order valence-electron chi connectivity index (χ2n) is 8.68. The molecule has 0 spiro atoms. The number of nitrogens with zero attached hydrogens (tertiary/aromatic N) is 3. The highest BCUT2D eigenvalue weighted by Crippen LogP contribution is 2.21. The fraction of sp³-hybridized carbons (Fsp3) is 0.269. The number of rotatable bonds is 5. The molecule has 0 unspecified atom stereocenters. The average Bonchev–Trinajstić information content (AvgIpc) is 3.38. The number of aromatic nitrogens is 3. The second-order valence-corrected chi connectivity index (χ2v) is 8.68. The molecule has 2 N–H and O–H groups in total. The molecule has 1 aliphatic rings. The van der Waals surface area contributed by atoms with Gasteiger partial charge in [0.05, 0.1) is 23.3 Å². The van der Waals surface area contributed by atoms with E-state index >= 15 is 0 Å². The number of carbonyl (C=O) groups excluding carboxylic acids is 1. The Bertz CT molecular complexity index is 1380. The summed E-state index contributed by atoms with van der Waals surface area (Å²) in [5, 5.41) is 17.4. The number of nitrogens with one attached hydrogen (secondary N) is 1. The summed E-state index contributed by atoms with van der Waals surface area (Å²) in [6.45, 7) is 0.267. The third-order valence-corrected chi connectivity index (χ3v) is 6.40. The van der Waals surface area contributed by atoms with Crippen LogP contribution in [-0.2, 0) is 6.54 Å². The zero-order chi connectivity index (χ0) is 23.7. The Morgan fingerprint density at radius 3 is 2.65 bits per heavy atom. The number of hydrogen-bond donors (Lipinski definition) is 2. The molecule has 2 atom stereocenters. The van der Waals surface area contributed by atoms with Crippen molar-refractivity contribution in [2.75, 3.05) is 0 Å². The average molecular weight is 461 g/mol. The third-order valence-electron chi connectivity index (χ3n) is 6.40. The van der Waals surface area contributed by atoms with E-state index < -0.39 is 29.3 Å². The van der Waals surface area contributed by atoms with E-state index in [9.17, 15) is 19.1 Å². The second kappa shape index (κ2) is 9.23. The first-order valence-electron chi connectivity index (χ1n) is 11.4. The van der Waals surface area contributed by atoms with Gasteiger partial charge in [0.25, 0.3) is 5.91 Å². The fourth-order valence-electron chi connectivity index (χ4n) is 4.60. The number of carbonyl (C=O) groups is 1. The zero-order valence-electron chi connectivity index (χ0n) is 18.5. The molecule has 174 valence electrons. The number of aliphatic hydroxyl groups is 1. The van der Waals surface area contributed by atoms with E-state index in [0.717, 1.165) is 24.1 Å². The van der Waals surface area contributed by atoms with E-state index in [2.05, 4.69) is 10.4 Å². The minimum Gasteiger partial charge on any atom is -0.391 e. The molecule has 0 radical (unpaired) electrons. The van der Waals surface area contributed by atoms with E-state index in [1.165, 1.54) is 24.4 Å². The maximum absolute atomic E-state index is 14.8. The molecule has 5 rings (SSSR count). The van der Waals surface area contributed by atoms with Crippen LogP contribution in [0, 0.1) is 5.82 Å².